The molecule has 1 aliphatic rings. The van der Waals surface area contributed by atoms with Crippen LogP contribution in [0.4, 0.5) is 0 Å². The summed E-state index contributed by atoms with van der Waals surface area (Å²) in [5, 5.41) is 21.9. The van der Waals surface area contributed by atoms with E-state index in [1.54, 1.807) is 0 Å². The van der Waals surface area contributed by atoms with Gasteiger partial charge >= 0.3 is 0 Å². The number of nitrogens with zero attached hydrogens (tertiary/aromatic N) is 3. The Morgan fingerprint density at radius 1 is 1.30 bits per heavy atom. The highest BCUT2D eigenvalue weighted by molar-refractivity contribution is 5.94. The van der Waals surface area contributed by atoms with Crippen molar-refractivity contribution in [3.05, 3.63) is 45.4 Å². The fraction of sp³-hybridized carbons (Fsp3) is 0.500. The number of rotatable bonds is 4. The van der Waals surface area contributed by atoms with Crippen LogP contribution in [0.2, 0.25) is 0 Å². The zero-order chi connectivity index (χ0) is 14.5. The minimum atomic E-state index is -0.817. The molecule has 0 aliphatic heterocycles. The molecule has 1 aromatic rings. The number of carbonyl (C=O) groups is 1. The number of hydrogen-bond donors (Lipinski definition) is 0. The first-order valence-corrected chi connectivity index (χ1v) is 6.30. The van der Waals surface area contributed by atoms with Crippen LogP contribution in [0.1, 0.15) is 36.0 Å². The van der Waals surface area contributed by atoms with Crippen molar-refractivity contribution in [3.63, 3.8) is 0 Å². The van der Waals surface area contributed by atoms with Gasteiger partial charge in [0, 0.05) is 24.0 Å². The second-order valence-electron chi connectivity index (χ2n) is 4.63. The zero-order valence-corrected chi connectivity index (χ0v) is 10.7. The average Bonchev–Trinajstić information content (AvgIpc) is 2.47. The summed E-state index contributed by atoms with van der Waals surface area (Å²) in [5.74, 6) is -0.606. The Morgan fingerprint density at radius 3 is 2.45 bits per heavy atom. The fourth-order valence-electron chi connectivity index (χ4n) is 2.29. The third kappa shape index (κ3) is 3.41. The molecule has 1 fully saturated rings. The lowest BCUT2D eigenvalue weighted by Crippen LogP contribution is -2.39. The molecule has 0 bridgehead atoms. The molecule has 0 N–H and O–H groups in total. The molecule has 0 saturated heterocycles. The SMILES string of the molecule is O=C(c1ccncc1)N([O-])C1CCC(O[N+](=O)[O-])CC1. The van der Waals surface area contributed by atoms with Crippen LogP contribution in [-0.2, 0) is 4.84 Å². The Morgan fingerprint density at radius 2 is 1.90 bits per heavy atom. The summed E-state index contributed by atoms with van der Waals surface area (Å²) in [6.45, 7) is 0. The van der Waals surface area contributed by atoms with Crippen LogP contribution in [0.5, 0.6) is 0 Å². The van der Waals surface area contributed by atoms with E-state index in [0.717, 1.165) is 0 Å². The minimum Gasteiger partial charge on any atom is -0.756 e. The minimum absolute atomic E-state index is 0.290. The molecule has 0 aromatic carbocycles. The van der Waals surface area contributed by atoms with Gasteiger partial charge < -0.3 is 15.1 Å². The van der Waals surface area contributed by atoms with Crippen LogP contribution >= 0.6 is 0 Å². The maximum absolute atomic E-state index is 12.0. The highest BCUT2D eigenvalue weighted by Crippen LogP contribution is 2.25. The van der Waals surface area contributed by atoms with Gasteiger partial charge in [-0.2, -0.15) is 0 Å². The molecule has 1 amide bonds. The second kappa shape index (κ2) is 6.29. The molecule has 0 atom stereocenters. The average molecular weight is 280 g/mol. The van der Waals surface area contributed by atoms with Gasteiger partial charge in [-0.15, -0.1) is 10.1 Å². The third-order valence-corrected chi connectivity index (χ3v) is 3.34. The molecule has 1 aromatic heterocycles. The number of hydrogen-bond acceptors (Lipinski definition) is 6. The predicted octanol–water partition coefficient (Wildman–Crippen LogP) is 1.54. The van der Waals surface area contributed by atoms with Crippen molar-refractivity contribution >= 4 is 5.91 Å². The first-order chi connectivity index (χ1) is 9.58. The van der Waals surface area contributed by atoms with Crippen molar-refractivity contribution in [1.82, 2.24) is 10.0 Å². The molecule has 108 valence electrons. The Bertz CT molecular complexity index is 473. The standard InChI is InChI=1S/C12H14N3O5/c16-12(9-5-7-13-8-6-9)14(17)10-1-3-11(4-2-10)20-15(18)19/h5-8,10-11H,1-4H2/q-1. The molecule has 2 rings (SSSR count). The largest absolute Gasteiger partial charge is 0.756 e. The molecular formula is C12H14N3O5-. The summed E-state index contributed by atoms with van der Waals surface area (Å²) >= 11 is 0. The maximum Gasteiger partial charge on any atom is 0.294 e. The van der Waals surface area contributed by atoms with Crippen LogP contribution in [0.25, 0.3) is 0 Å². The number of pyridine rings is 1. The Balaban J connectivity index is 1.90. The van der Waals surface area contributed by atoms with Gasteiger partial charge in [-0.05, 0) is 37.8 Å². The van der Waals surface area contributed by atoms with Crippen LogP contribution in [0, 0.1) is 15.3 Å². The molecule has 8 nitrogen and oxygen atoms in total. The van der Waals surface area contributed by atoms with Gasteiger partial charge in [0.15, 0.2) is 0 Å². The molecular weight excluding hydrogens is 266 g/mol. The summed E-state index contributed by atoms with van der Waals surface area (Å²) in [7, 11) is 0. The van der Waals surface area contributed by atoms with Crippen molar-refractivity contribution in [3.8, 4) is 0 Å². The van der Waals surface area contributed by atoms with Crippen LogP contribution < -0.4 is 0 Å². The van der Waals surface area contributed by atoms with E-state index in [9.17, 15) is 20.1 Å². The van der Waals surface area contributed by atoms with Crippen molar-refractivity contribution in [2.24, 2.45) is 0 Å². The summed E-state index contributed by atoms with van der Waals surface area (Å²) in [6.07, 6.45) is 4.01. The summed E-state index contributed by atoms with van der Waals surface area (Å²) in [6, 6.07) is 2.51. The molecule has 0 unspecified atom stereocenters. The lowest BCUT2D eigenvalue weighted by molar-refractivity contribution is -0.769. The van der Waals surface area contributed by atoms with Gasteiger partial charge in [-0.1, -0.05) is 0 Å². The van der Waals surface area contributed by atoms with Gasteiger partial charge in [0.2, 0.25) is 5.91 Å². The quantitative estimate of drug-likeness (QED) is 0.611. The molecule has 1 saturated carbocycles. The van der Waals surface area contributed by atoms with Gasteiger partial charge in [-0.3, -0.25) is 9.78 Å². The van der Waals surface area contributed by atoms with Gasteiger partial charge in [-0.25, -0.2) is 0 Å². The van der Waals surface area contributed by atoms with Crippen molar-refractivity contribution < 1.29 is 14.7 Å². The van der Waals surface area contributed by atoms with Crippen molar-refractivity contribution in [2.45, 2.75) is 37.8 Å². The van der Waals surface area contributed by atoms with E-state index in [-0.39, 0.29) is 0 Å². The molecule has 20 heavy (non-hydrogen) atoms. The second-order valence-corrected chi connectivity index (χ2v) is 4.63. The molecule has 0 radical (unpaired) electrons. The number of aromatic nitrogens is 1. The Kier molecular flexibility index (Phi) is 4.46. The normalized spacial score (nSPS) is 22.1. The molecule has 8 heteroatoms. The van der Waals surface area contributed by atoms with Gasteiger partial charge in [0.1, 0.15) is 6.10 Å². The van der Waals surface area contributed by atoms with Crippen molar-refractivity contribution in [1.29, 1.82) is 0 Å². The first kappa shape index (κ1) is 14.2. The lowest BCUT2D eigenvalue weighted by atomic mass is 9.92. The Hall–Kier alpha value is -2.22. The van der Waals surface area contributed by atoms with E-state index < -0.39 is 23.1 Å². The smallest absolute Gasteiger partial charge is 0.294 e. The van der Waals surface area contributed by atoms with E-state index in [1.165, 1.54) is 24.5 Å². The predicted molar refractivity (Wildman–Crippen MR) is 67.9 cm³/mol. The zero-order valence-electron chi connectivity index (χ0n) is 10.7. The summed E-state index contributed by atoms with van der Waals surface area (Å²) in [5.41, 5.74) is 0.290. The van der Waals surface area contributed by atoms with Crippen LogP contribution in [0.15, 0.2) is 24.5 Å². The fourth-order valence-corrected chi connectivity index (χ4v) is 2.29. The third-order valence-electron chi connectivity index (χ3n) is 3.34. The van der Waals surface area contributed by atoms with Gasteiger partial charge in [0.05, 0.1) is 0 Å². The van der Waals surface area contributed by atoms with E-state index in [4.69, 9.17) is 0 Å². The molecule has 1 aliphatic carbocycles. The van der Waals surface area contributed by atoms with E-state index in [1.807, 2.05) is 0 Å². The highest BCUT2D eigenvalue weighted by Gasteiger charge is 2.26. The van der Waals surface area contributed by atoms with Crippen molar-refractivity contribution in [2.75, 3.05) is 0 Å². The monoisotopic (exact) mass is 280 g/mol. The van der Waals surface area contributed by atoms with E-state index >= 15 is 0 Å². The number of hydroxylamine groups is 2. The van der Waals surface area contributed by atoms with Crippen LogP contribution in [0.3, 0.4) is 0 Å². The topological polar surface area (TPSA) is 109 Å². The summed E-state index contributed by atoms with van der Waals surface area (Å²) < 4.78 is 0. The van der Waals surface area contributed by atoms with Gasteiger partial charge in [0.25, 0.3) is 5.09 Å². The lowest BCUT2D eigenvalue weighted by Gasteiger charge is -2.40. The highest BCUT2D eigenvalue weighted by atomic mass is 17.0. The maximum atomic E-state index is 12.0. The first-order valence-electron chi connectivity index (χ1n) is 6.30. The number of carbonyl (C=O) groups excluding carboxylic acids is 1. The number of amides is 1. The van der Waals surface area contributed by atoms with Crippen LogP contribution in [-0.4, -0.2) is 33.2 Å². The summed E-state index contributed by atoms with van der Waals surface area (Å²) in [4.78, 5) is 30.4. The van der Waals surface area contributed by atoms with E-state index in [0.29, 0.717) is 36.3 Å². The molecule has 1 heterocycles. The Labute approximate surface area is 115 Å². The van der Waals surface area contributed by atoms with E-state index in [2.05, 4.69) is 9.82 Å². The molecule has 0 spiro atoms.